The molecular weight excluding hydrogens is 146 g/mol. The Balaban J connectivity index is 2.60. The van der Waals surface area contributed by atoms with Gasteiger partial charge in [0.15, 0.2) is 0 Å². The summed E-state index contributed by atoms with van der Waals surface area (Å²) in [6.45, 7) is 2.50. The summed E-state index contributed by atoms with van der Waals surface area (Å²) in [4.78, 5) is 13.6. The van der Waals surface area contributed by atoms with E-state index in [1.807, 2.05) is 0 Å². The lowest BCUT2D eigenvalue weighted by molar-refractivity contribution is -0.154. The average molecular weight is 155 g/mol. The lowest BCUT2D eigenvalue weighted by Crippen LogP contribution is -2.50. The normalized spacial score (nSPS) is 19.7. The fourth-order valence-electron chi connectivity index (χ4n) is 0.921. The van der Waals surface area contributed by atoms with Crippen LogP contribution in [0.4, 0.5) is 0 Å². The molecule has 1 heterocycles. The molecule has 0 saturated carbocycles. The molecule has 1 aliphatic rings. The number of rotatable bonds is 3. The number of ketones is 1. The molecule has 0 aromatic rings. The van der Waals surface area contributed by atoms with Crippen molar-refractivity contribution in [2.75, 3.05) is 19.8 Å². The van der Waals surface area contributed by atoms with Crippen LogP contribution in [-0.4, -0.2) is 25.5 Å². The first-order chi connectivity index (χ1) is 5.21. The maximum absolute atomic E-state index is 11.0. The van der Waals surface area contributed by atoms with Gasteiger partial charge in [0.2, 0.25) is 0 Å². The third-order valence-corrected chi connectivity index (χ3v) is 1.94. The Bertz CT molecular complexity index is 216. The lowest BCUT2D eigenvalue weighted by atomic mass is 9.82. The lowest BCUT2D eigenvalue weighted by Gasteiger charge is -2.37. The van der Waals surface area contributed by atoms with E-state index in [0.717, 1.165) is 0 Å². The zero-order chi connectivity index (χ0) is 8.32. The van der Waals surface area contributed by atoms with Crippen LogP contribution in [0.1, 0.15) is 6.92 Å². The van der Waals surface area contributed by atoms with Gasteiger partial charge in [0, 0.05) is 11.5 Å². The van der Waals surface area contributed by atoms with E-state index in [2.05, 4.69) is 10.0 Å². The van der Waals surface area contributed by atoms with Gasteiger partial charge in [-0.1, -0.05) is 5.11 Å². The maximum Gasteiger partial charge on any atom is 0.140 e. The highest BCUT2D eigenvalue weighted by Crippen LogP contribution is 2.28. The molecule has 0 atom stereocenters. The van der Waals surface area contributed by atoms with Crippen molar-refractivity contribution >= 4 is 5.78 Å². The highest BCUT2D eigenvalue weighted by molar-refractivity contribution is 5.83. The van der Waals surface area contributed by atoms with Gasteiger partial charge in [0.1, 0.15) is 5.78 Å². The second-order valence-corrected chi connectivity index (χ2v) is 2.72. The highest BCUT2D eigenvalue weighted by Gasteiger charge is 2.42. The molecule has 0 bridgehead atoms. The standard InChI is InChI=1S/C6H9N3O2/c1-5(10)6(2-8-9-7)3-11-4-6/h2-4H2,1H3. The molecule has 0 aromatic heterocycles. The van der Waals surface area contributed by atoms with E-state index in [-0.39, 0.29) is 12.3 Å². The van der Waals surface area contributed by atoms with Gasteiger partial charge in [-0.05, 0) is 12.5 Å². The van der Waals surface area contributed by atoms with Crippen molar-refractivity contribution in [3.05, 3.63) is 10.4 Å². The molecule has 5 heteroatoms. The molecule has 1 aliphatic heterocycles. The van der Waals surface area contributed by atoms with Crippen molar-refractivity contribution in [3.63, 3.8) is 0 Å². The summed E-state index contributed by atoms with van der Waals surface area (Å²) in [7, 11) is 0. The van der Waals surface area contributed by atoms with Gasteiger partial charge in [0.05, 0.1) is 18.6 Å². The number of hydrogen-bond acceptors (Lipinski definition) is 3. The third-order valence-electron chi connectivity index (χ3n) is 1.94. The molecule has 1 saturated heterocycles. The fraction of sp³-hybridized carbons (Fsp3) is 0.833. The van der Waals surface area contributed by atoms with Crippen LogP contribution in [0.3, 0.4) is 0 Å². The summed E-state index contributed by atoms with van der Waals surface area (Å²) in [5, 5.41) is 3.37. The highest BCUT2D eigenvalue weighted by atomic mass is 16.5. The number of nitrogens with zero attached hydrogens (tertiary/aromatic N) is 3. The first kappa shape index (κ1) is 8.04. The summed E-state index contributed by atoms with van der Waals surface area (Å²) >= 11 is 0. The molecule has 0 spiro atoms. The van der Waals surface area contributed by atoms with Crippen molar-refractivity contribution in [2.24, 2.45) is 10.5 Å². The summed E-state index contributed by atoms with van der Waals surface area (Å²) in [6.07, 6.45) is 0. The quantitative estimate of drug-likeness (QED) is 0.345. The van der Waals surface area contributed by atoms with Crippen LogP contribution in [0.5, 0.6) is 0 Å². The molecular formula is C6H9N3O2. The van der Waals surface area contributed by atoms with E-state index < -0.39 is 5.41 Å². The SMILES string of the molecule is CC(=O)C1(CN=[N+]=[N-])COC1. The molecule has 60 valence electrons. The molecule has 0 N–H and O–H groups in total. The van der Waals surface area contributed by atoms with Gasteiger partial charge in [-0.2, -0.15) is 0 Å². The molecule has 5 nitrogen and oxygen atoms in total. The number of hydrogen-bond donors (Lipinski definition) is 0. The van der Waals surface area contributed by atoms with Crippen LogP contribution < -0.4 is 0 Å². The van der Waals surface area contributed by atoms with Crippen molar-refractivity contribution in [3.8, 4) is 0 Å². The molecule has 0 aromatic carbocycles. The van der Waals surface area contributed by atoms with Crippen molar-refractivity contribution in [1.82, 2.24) is 0 Å². The number of ether oxygens (including phenoxy) is 1. The van der Waals surface area contributed by atoms with E-state index in [1.165, 1.54) is 6.92 Å². The van der Waals surface area contributed by atoms with E-state index in [4.69, 9.17) is 10.3 Å². The van der Waals surface area contributed by atoms with Crippen LogP contribution in [0.15, 0.2) is 5.11 Å². The first-order valence-electron chi connectivity index (χ1n) is 3.31. The summed E-state index contributed by atoms with van der Waals surface area (Å²) in [6, 6.07) is 0. The number of Topliss-reactive ketones (excluding diaryl/α,β-unsaturated/α-hetero) is 1. The minimum atomic E-state index is -0.508. The zero-order valence-electron chi connectivity index (χ0n) is 6.28. The Morgan fingerprint density at radius 2 is 2.45 bits per heavy atom. The Kier molecular flexibility index (Phi) is 2.12. The molecule has 0 radical (unpaired) electrons. The molecule has 0 aliphatic carbocycles. The second kappa shape index (κ2) is 2.90. The average Bonchev–Trinajstić information content (AvgIpc) is 1.85. The molecule has 0 amide bonds. The predicted octanol–water partition coefficient (Wildman–Crippen LogP) is 0.902. The van der Waals surface area contributed by atoms with Gasteiger partial charge in [-0.3, -0.25) is 4.79 Å². The Labute approximate surface area is 64.0 Å². The number of carbonyl (C=O) groups excluding carboxylic acids is 1. The fourth-order valence-corrected chi connectivity index (χ4v) is 0.921. The molecule has 1 rings (SSSR count). The van der Waals surface area contributed by atoms with Gasteiger partial charge >= 0.3 is 0 Å². The van der Waals surface area contributed by atoms with E-state index in [9.17, 15) is 4.79 Å². The number of carbonyl (C=O) groups is 1. The summed E-state index contributed by atoms with van der Waals surface area (Å²) < 4.78 is 4.89. The van der Waals surface area contributed by atoms with Gasteiger partial charge in [-0.25, -0.2) is 0 Å². The molecule has 11 heavy (non-hydrogen) atoms. The van der Waals surface area contributed by atoms with Crippen LogP contribution in [-0.2, 0) is 9.53 Å². The zero-order valence-corrected chi connectivity index (χ0v) is 6.28. The van der Waals surface area contributed by atoms with Crippen LogP contribution >= 0.6 is 0 Å². The molecule has 0 unspecified atom stereocenters. The van der Waals surface area contributed by atoms with Crippen molar-refractivity contribution < 1.29 is 9.53 Å². The van der Waals surface area contributed by atoms with Crippen LogP contribution in [0.25, 0.3) is 10.4 Å². The van der Waals surface area contributed by atoms with E-state index >= 15 is 0 Å². The largest absolute Gasteiger partial charge is 0.379 e. The smallest absolute Gasteiger partial charge is 0.140 e. The molecule has 1 fully saturated rings. The number of azide groups is 1. The van der Waals surface area contributed by atoms with E-state index in [1.54, 1.807) is 0 Å². The summed E-state index contributed by atoms with van der Waals surface area (Å²) in [5.41, 5.74) is 7.53. The monoisotopic (exact) mass is 155 g/mol. The predicted molar refractivity (Wildman–Crippen MR) is 37.9 cm³/mol. The van der Waals surface area contributed by atoms with Gasteiger partial charge in [-0.15, -0.1) is 0 Å². The maximum atomic E-state index is 11.0. The minimum Gasteiger partial charge on any atom is -0.379 e. The summed E-state index contributed by atoms with van der Waals surface area (Å²) in [5.74, 6) is 0.0381. The first-order valence-corrected chi connectivity index (χ1v) is 3.31. The van der Waals surface area contributed by atoms with Gasteiger partial charge < -0.3 is 4.74 Å². The third kappa shape index (κ3) is 1.34. The topological polar surface area (TPSA) is 75.1 Å². The second-order valence-electron chi connectivity index (χ2n) is 2.72. The van der Waals surface area contributed by atoms with E-state index in [0.29, 0.717) is 13.2 Å². The minimum absolute atomic E-state index is 0.0381. The Morgan fingerprint density at radius 1 is 1.82 bits per heavy atom. The van der Waals surface area contributed by atoms with Gasteiger partial charge in [0.25, 0.3) is 0 Å². The van der Waals surface area contributed by atoms with Crippen LogP contribution in [0.2, 0.25) is 0 Å². The Hall–Kier alpha value is -1.06. The van der Waals surface area contributed by atoms with Crippen molar-refractivity contribution in [1.29, 1.82) is 0 Å². The Morgan fingerprint density at radius 3 is 2.73 bits per heavy atom. The van der Waals surface area contributed by atoms with Crippen LogP contribution in [0, 0.1) is 5.41 Å². The van der Waals surface area contributed by atoms with Crippen molar-refractivity contribution in [2.45, 2.75) is 6.92 Å².